The zero-order chi connectivity index (χ0) is 18.6. The third-order valence-corrected chi connectivity index (χ3v) is 4.23. The monoisotopic (exact) mass is 357 g/mol. The van der Waals surface area contributed by atoms with Crippen molar-refractivity contribution in [1.82, 2.24) is 15.3 Å². The molecule has 132 valence electrons. The Labute approximate surface area is 155 Å². The van der Waals surface area contributed by atoms with Crippen molar-refractivity contribution in [3.63, 3.8) is 0 Å². The highest BCUT2D eigenvalue weighted by Crippen LogP contribution is 2.25. The number of rotatable bonds is 4. The standard InChI is InChI=1S/C20H15N5O2/c21-12-18(13-4-2-1-3-5-13)25-27-19-10-14(6-8-22-19)17-11-15-16(24-17)7-9-23-20(15)26/h1-6,8,10-11,24H,7,9H2,(H,23,26)/b25-18+. The minimum atomic E-state index is -0.0737. The lowest BCUT2D eigenvalue weighted by atomic mass is 10.1. The molecule has 0 fully saturated rings. The van der Waals surface area contributed by atoms with Crippen molar-refractivity contribution < 1.29 is 9.63 Å². The summed E-state index contributed by atoms with van der Waals surface area (Å²) < 4.78 is 0. The minimum Gasteiger partial charge on any atom is -0.358 e. The molecule has 1 aliphatic rings. The van der Waals surface area contributed by atoms with E-state index in [1.54, 1.807) is 24.4 Å². The zero-order valence-corrected chi connectivity index (χ0v) is 14.3. The number of aromatic amines is 1. The second kappa shape index (κ2) is 7.14. The number of H-pyrrole nitrogens is 1. The largest absolute Gasteiger partial charge is 0.358 e. The number of nitrogens with one attached hydrogen (secondary N) is 2. The lowest BCUT2D eigenvalue weighted by molar-refractivity contribution is 0.0946. The maximum atomic E-state index is 11.9. The first-order chi connectivity index (χ1) is 13.2. The Morgan fingerprint density at radius 3 is 2.85 bits per heavy atom. The van der Waals surface area contributed by atoms with Crippen molar-refractivity contribution in [3.8, 4) is 23.2 Å². The summed E-state index contributed by atoms with van der Waals surface area (Å²) in [6.07, 6.45) is 2.36. The number of hydrogen-bond acceptors (Lipinski definition) is 5. The number of carbonyl (C=O) groups is 1. The molecule has 0 atom stereocenters. The summed E-state index contributed by atoms with van der Waals surface area (Å²) in [5.41, 5.74) is 4.02. The number of pyridine rings is 1. The first kappa shape index (κ1) is 16.5. The van der Waals surface area contributed by atoms with Crippen LogP contribution in [0.1, 0.15) is 21.6 Å². The number of amides is 1. The molecule has 3 aromatic rings. The van der Waals surface area contributed by atoms with E-state index >= 15 is 0 Å². The molecule has 0 aliphatic carbocycles. The van der Waals surface area contributed by atoms with Gasteiger partial charge in [-0.25, -0.2) is 4.98 Å². The van der Waals surface area contributed by atoms with Gasteiger partial charge in [0.15, 0.2) is 5.71 Å². The maximum Gasteiger partial charge on any atom is 0.253 e. The highest BCUT2D eigenvalue weighted by Gasteiger charge is 2.20. The topological polar surface area (TPSA) is 103 Å². The van der Waals surface area contributed by atoms with Crippen LogP contribution in [0.15, 0.2) is 59.9 Å². The van der Waals surface area contributed by atoms with Crippen LogP contribution in [-0.4, -0.2) is 28.1 Å². The fourth-order valence-electron chi connectivity index (χ4n) is 2.90. The van der Waals surface area contributed by atoms with Crippen LogP contribution in [0.5, 0.6) is 5.88 Å². The Balaban J connectivity index is 1.59. The van der Waals surface area contributed by atoms with Gasteiger partial charge >= 0.3 is 0 Å². The molecular formula is C20H15N5O2. The molecule has 2 aromatic heterocycles. The normalized spacial score (nSPS) is 13.4. The summed E-state index contributed by atoms with van der Waals surface area (Å²) in [7, 11) is 0. The predicted octanol–water partition coefficient (Wildman–Crippen LogP) is 2.67. The average molecular weight is 357 g/mol. The van der Waals surface area contributed by atoms with Gasteiger partial charge in [-0.3, -0.25) is 4.79 Å². The Morgan fingerprint density at radius 1 is 1.22 bits per heavy atom. The molecule has 1 aliphatic heterocycles. The van der Waals surface area contributed by atoms with Crippen LogP contribution in [0.25, 0.3) is 11.3 Å². The van der Waals surface area contributed by atoms with Crippen molar-refractivity contribution in [3.05, 3.63) is 71.5 Å². The van der Waals surface area contributed by atoms with Gasteiger partial charge in [-0.05, 0) is 12.1 Å². The number of hydrogen-bond donors (Lipinski definition) is 2. The van der Waals surface area contributed by atoms with E-state index < -0.39 is 0 Å². The summed E-state index contributed by atoms with van der Waals surface area (Å²) in [5, 5.41) is 16.0. The van der Waals surface area contributed by atoms with Crippen molar-refractivity contribution in [2.45, 2.75) is 6.42 Å². The van der Waals surface area contributed by atoms with E-state index in [1.165, 1.54) is 0 Å². The van der Waals surface area contributed by atoms with Gasteiger partial charge in [0, 0.05) is 47.7 Å². The molecule has 27 heavy (non-hydrogen) atoms. The number of carbonyl (C=O) groups excluding carboxylic acids is 1. The van der Waals surface area contributed by atoms with Crippen LogP contribution in [-0.2, 0) is 6.42 Å². The molecule has 7 nitrogen and oxygen atoms in total. The van der Waals surface area contributed by atoms with Crippen LogP contribution in [0.4, 0.5) is 0 Å². The Bertz CT molecular complexity index is 1060. The van der Waals surface area contributed by atoms with E-state index in [0.717, 1.165) is 23.4 Å². The maximum absolute atomic E-state index is 11.9. The minimum absolute atomic E-state index is 0.0737. The molecule has 2 N–H and O–H groups in total. The van der Waals surface area contributed by atoms with E-state index in [1.807, 2.05) is 36.4 Å². The Kier molecular flexibility index (Phi) is 4.37. The molecule has 0 spiro atoms. The van der Waals surface area contributed by atoms with E-state index in [-0.39, 0.29) is 17.5 Å². The van der Waals surface area contributed by atoms with Crippen LogP contribution in [0.3, 0.4) is 0 Å². The van der Waals surface area contributed by atoms with Gasteiger partial charge in [0.25, 0.3) is 5.91 Å². The molecule has 0 radical (unpaired) electrons. The van der Waals surface area contributed by atoms with E-state index in [0.29, 0.717) is 17.7 Å². The van der Waals surface area contributed by atoms with Gasteiger partial charge in [-0.15, -0.1) is 0 Å². The van der Waals surface area contributed by atoms with Gasteiger partial charge in [0.05, 0.1) is 5.56 Å². The summed E-state index contributed by atoms with van der Waals surface area (Å²) in [4.78, 5) is 24.7. The van der Waals surface area contributed by atoms with Crippen LogP contribution in [0, 0.1) is 11.3 Å². The fourth-order valence-corrected chi connectivity index (χ4v) is 2.90. The first-order valence-corrected chi connectivity index (χ1v) is 8.41. The molecule has 1 amide bonds. The molecular weight excluding hydrogens is 342 g/mol. The van der Waals surface area contributed by atoms with Gasteiger partial charge < -0.3 is 15.1 Å². The molecule has 0 saturated heterocycles. The molecule has 0 unspecified atom stereocenters. The van der Waals surface area contributed by atoms with Crippen molar-refractivity contribution in [2.24, 2.45) is 5.16 Å². The summed E-state index contributed by atoms with van der Waals surface area (Å²) in [6, 6.07) is 16.4. The lowest BCUT2D eigenvalue weighted by Crippen LogP contribution is -2.31. The van der Waals surface area contributed by atoms with Crippen LogP contribution < -0.4 is 10.2 Å². The van der Waals surface area contributed by atoms with Gasteiger partial charge in [-0.1, -0.05) is 35.5 Å². The van der Waals surface area contributed by atoms with Crippen molar-refractivity contribution in [2.75, 3.05) is 6.54 Å². The Morgan fingerprint density at radius 2 is 2.07 bits per heavy atom. The van der Waals surface area contributed by atoms with Crippen molar-refractivity contribution in [1.29, 1.82) is 5.26 Å². The lowest BCUT2D eigenvalue weighted by Gasteiger charge is -2.10. The molecule has 3 heterocycles. The molecule has 7 heteroatoms. The smallest absolute Gasteiger partial charge is 0.253 e. The number of oxime groups is 1. The van der Waals surface area contributed by atoms with E-state index in [9.17, 15) is 10.1 Å². The molecule has 1 aromatic carbocycles. The zero-order valence-electron chi connectivity index (χ0n) is 14.3. The summed E-state index contributed by atoms with van der Waals surface area (Å²) in [6.45, 7) is 0.627. The van der Waals surface area contributed by atoms with E-state index in [4.69, 9.17) is 4.84 Å². The first-order valence-electron chi connectivity index (χ1n) is 8.41. The summed E-state index contributed by atoms with van der Waals surface area (Å²) >= 11 is 0. The van der Waals surface area contributed by atoms with Gasteiger partial charge in [-0.2, -0.15) is 5.26 Å². The number of nitriles is 1. The summed E-state index contributed by atoms with van der Waals surface area (Å²) in [5.74, 6) is 0.184. The van der Waals surface area contributed by atoms with E-state index in [2.05, 4.69) is 20.4 Å². The number of benzene rings is 1. The van der Waals surface area contributed by atoms with Gasteiger partial charge in [0.2, 0.25) is 5.88 Å². The quantitative estimate of drug-likeness (QED) is 0.553. The number of aromatic nitrogens is 2. The van der Waals surface area contributed by atoms with Crippen LogP contribution >= 0.6 is 0 Å². The molecule has 0 saturated carbocycles. The fraction of sp³-hybridized carbons (Fsp3) is 0.100. The van der Waals surface area contributed by atoms with Crippen molar-refractivity contribution >= 4 is 11.6 Å². The second-order valence-electron chi connectivity index (χ2n) is 5.97. The third kappa shape index (κ3) is 3.41. The number of nitrogens with zero attached hydrogens (tertiary/aromatic N) is 3. The highest BCUT2D eigenvalue weighted by molar-refractivity contribution is 6.11. The predicted molar refractivity (Wildman–Crippen MR) is 99.3 cm³/mol. The second-order valence-corrected chi connectivity index (χ2v) is 5.97. The molecule has 4 rings (SSSR count). The third-order valence-electron chi connectivity index (χ3n) is 4.23. The highest BCUT2D eigenvalue weighted by atomic mass is 16.6. The van der Waals surface area contributed by atoms with Crippen LogP contribution in [0.2, 0.25) is 0 Å². The van der Waals surface area contributed by atoms with Gasteiger partial charge in [0.1, 0.15) is 6.07 Å². The SMILES string of the molecule is N#C/C(=N\Oc1cc(-c2cc3c([nH]2)CCNC3=O)ccn1)c1ccccc1. The Hall–Kier alpha value is -3.92. The number of fused-ring (bicyclic) bond motifs is 1. The average Bonchev–Trinajstić information content (AvgIpc) is 3.15. The molecule has 0 bridgehead atoms.